The summed E-state index contributed by atoms with van der Waals surface area (Å²) in [5.41, 5.74) is 5.83. The number of imidazole rings is 1. The molecule has 1 saturated heterocycles. The minimum absolute atomic E-state index is 0.0586. The highest BCUT2D eigenvalue weighted by Gasteiger charge is 2.71. The highest BCUT2D eigenvalue weighted by atomic mass is 35.5. The molecule has 5 N–H and O–H groups in total. The average Bonchev–Trinajstić information content (AvgIpc) is 3.61. The lowest BCUT2D eigenvalue weighted by Crippen LogP contribution is -2.53. The standard InChI is InChI=1S/C26H32ClF3N7O7P/c1-13(2)42-22(39)14(3)36-45(40,44-16-7-5-4-6-8-16)41-11-17-19(38)25(27,26(28,29)30)23(43-17)37-12-32-18-20(33-15-9-10-15)34-24(31)35-21(18)37/h4-8,12-15,17,19,23,38H,9-11H2,1-3H3,(H,36,40)(H3,31,33,34,35)/t14-,17-,19-,23-,25-,45-/m1/s1. The van der Waals surface area contributed by atoms with E-state index in [-0.39, 0.29) is 34.7 Å². The monoisotopic (exact) mass is 677 g/mol. The fourth-order valence-corrected chi connectivity index (χ4v) is 6.39. The van der Waals surface area contributed by atoms with Crippen LogP contribution in [0, 0.1) is 0 Å². The maximum atomic E-state index is 14.6. The van der Waals surface area contributed by atoms with E-state index in [2.05, 4.69) is 25.4 Å². The van der Waals surface area contributed by atoms with Crippen molar-refractivity contribution in [3.8, 4) is 5.75 Å². The smallest absolute Gasteiger partial charge is 0.459 e. The number of hydrogen-bond acceptors (Lipinski definition) is 12. The largest absolute Gasteiger partial charge is 0.462 e. The number of anilines is 2. The Hall–Kier alpha value is -3.21. The van der Waals surface area contributed by atoms with Crippen LogP contribution >= 0.6 is 19.3 Å². The zero-order chi connectivity index (χ0) is 32.7. The molecule has 6 atom stereocenters. The van der Waals surface area contributed by atoms with E-state index in [1.807, 2.05) is 0 Å². The molecule has 3 aromatic rings. The number of nitrogens with two attached hydrogens (primary N) is 1. The third-order valence-corrected chi connectivity index (χ3v) is 9.19. The lowest BCUT2D eigenvalue weighted by Gasteiger charge is -2.32. The van der Waals surface area contributed by atoms with Gasteiger partial charge in [-0.1, -0.05) is 18.2 Å². The Morgan fingerprint density at radius 1 is 1.27 bits per heavy atom. The Kier molecular flexibility index (Phi) is 9.23. The number of nitrogen functional groups attached to an aromatic ring is 1. The number of alkyl halides is 4. The first-order valence-corrected chi connectivity index (χ1v) is 15.9. The first kappa shape index (κ1) is 33.2. The molecule has 0 amide bonds. The van der Waals surface area contributed by atoms with Crippen LogP contribution in [0.2, 0.25) is 0 Å². The molecule has 45 heavy (non-hydrogen) atoms. The minimum atomic E-state index is -5.24. The molecule has 5 rings (SSSR count). The number of carbonyl (C=O) groups excluding carboxylic acids is 1. The Morgan fingerprint density at radius 2 is 1.96 bits per heavy atom. The summed E-state index contributed by atoms with van der Waals surface area (Å²) in [6.07, 6.45) is -9.35. The van der Waals surface area contributed by atoms with Crippen LogP contribution in [0.4, 0.5) is 24.9 Å². The summed E-state index contributed by atoms with van der Waals surface area (Å²) in [4.78, 5) is 21.3. The molecule has 1 aliphatic heterocycles. The van der Waals surface area contributed by atoms with Crippen molar-refractivity contribution in [2.45, 2.75) is 81.3 Å². The summed E-state index contributed by atoms with van der Waals surface area (Å²) in [6, 6.07) is 6.59. The lowest BCUT2D eigenvalue weighted by molar-refractivity contribution is -0.195. The van der Waals surface area contributed by atoms with Crippen LogP contribution in [0.15, 0.2) is 36.7 Å². The molecule has 1 aliphatic carbocycles. The van der Waals surface area contributed by atoms with Crippen molar-refractivity contribution in [2.75, 3.05) is 17.7 Å². The van der Waals surface area contributed by atoms with Gasteiger partial charge in [0.05, 0.1) is 19.0 Å². The van der Waals surface area contributed by atoms with Crippen molar-refractivity contribution in [1.29, 1.82) is 0 Å². The van der Waals surface area contributed by atoms with Gasteiger partial charge in [-0.2, -0.15) is 28.2 Å². The second-order valence-electron chi connectivity index (χ2n) is 10.9. The van der Waals surface area contributed by atoms with Gasteiger partial charge in [0.25, 0.3) is 0 Å². The van der Waals surface area contributed by atoms with Gasteiger partial charge in [0.15, 0.2) is 23.2 Å². The molecule has 0 unspecified atom stereocenters. The third-order valence-electron chi connectivity index (χ3n) is 6.92. The number of halogens is 4. The van der Waals surface area contributed by atoms with Crippen LogP contribution < -0.4 is 20.7 Å². The van der Waals surface area contributed by atoms with Gasteiger partial charge in [-0.15, -0.1) is 11.6 Å². The summed E-state index contributed by atoms with van der Waals surface area (Å²) >= 11 is 6.21. The Labute approximate surface area is 260 Å². The zero-order valence-corrected chi connectivity index (χ0v) is 25.9. The van der Waals surface area contributed by atoms with Crippen LogP contribution in [-0.2, 0) is 23.4 Å². The van der Waals surface area contributed by atoms with Crippen LogP contribution in [0.3, 0.4) is 0 Å². The molecule has 2 aromatic heterocycles. The number of nitrogens with one attached hydrogen (secondary N) is 2. The number of aliphatic hydroxyl groups excluding tert-OH is 1. The van der Waals surface area contributed by atoms with Crippen molar-refractivity contribution in [3.05, 3.63) is 36.7 Å². The summed E-state index contributed by atoms with van der Waals surface area (Å²) in [7, 11) is -4.53. The number of rotatable bonds is 12. The fraction of sp³-hybridized carbons (Fsp3) is 0.538. The molecular formula is C26H32ClF3N7O7P. The molecule has 2 aliphatic rings. The quantitative estimate of drug-likeness (QED) is 0.123. The van der Waals surface area contributed by atoms with Gasteiger partial charge < -0.3 is 30.2 Å². The molecule has 14 nitrogen and oxygen atoms in total. The number of ether oxygens (including phenoxy) is 2. The number of esters is 1. The maximum Gasteiger partial charge on any atom is 0.459 e. The van der Waals surface area contributed by atoms with Crippen LogP contribution in [-0.4, -0.2) is 78.6 Å². The molecule has 19 heteroatoms. The number of hydrogen-bond donors (Lipinski definition) is 4. The molecule has 0 radical (unpaired) electrons. The summed E-state index contributed by atoms with van der Waals surface area (Å²) < 4.78 is 80.4. The van der Waals surface area contributed by atoms with Crippen LogP contribution in [0.25, 0.3) is 11.2 Å². The van der Waals surface area contributed by atoms with Crippen molar-refractivity contribution < 1.29 is 46.2 Å². The van der Waals surface area contributed by atoms with Gasteiger partial charge in [0, 0.05) is 6.04 Å². The number of aromatic nitrogens is 4. The van der Waals surface area contributed by atoms with Gasteiger partial charge in [-0.05, 0) is 45.7 Å². The number of benzene rings is 1. The first-order chi connectivity index (χ1) is 21.1. The second-order valence-corrected chi connectivity index (χ2v) is 13.3. The molecular weight excluding hydrogens is 646 g/mol. The average molecular weight is 678 g/mol. The molecule has 2 fully saturated rings. The van der Waals surface area contributed by atoms with Crippen LogP contribution in [0.1, 0.15) is 39.8 Å². The topological polar surface area (TPSA) is 185 Å². The fourth-order valence-electron chi connectivity index (χ4n) is 4.59. The highest BCUT2D eigenvalue weighted by molar-refractivity contribution is 7.52. The molecule has 1 aromatic carbocycles. The second kappa shape index (κ2) is 12.5. The summed E-state index contributed by atoms with van der Waals surface area (Å²) in [5, 5.41) is 16.5. The van der Waals surface area contributed by atoms with Gasteiger partial charge in [-0.3, -0.25) is 13.9 Å². The first-order valence-electron chi connectivity index (χ1n) is 13.9. The van der Waals surface area contributed by atoms with E-state index in [0.717, 1.165) is 23.7 Å². The predicted molar refractivity (Wildman–Crippen MR) is 155 cm³/mol. The van der Waals surface area contributed by atoms with Gasteiger partial charge >= 0.3 is 19.9 Å². The number of fused-ring (bicyclic) bond motifs is 1. The van der Waals surface area contributed by atoms with Gasteiger partial charge in [-0.25, -0.2) is 9.55 Å². The molecule has 246 valence electrons. The van der Waals surface area contributed by atoms with E-state index in [0.29, 0.717) is 0 Å². The maximum absolute atomic E-state index is 14.6. The SMILES string of the molecule is CC(C)OC(=O)[C@@H](C)N[P@@](=O)(OC[C@H]1O[C@@H](n2cnc3c(NC4CC4)nc(N)nc32)[C@@](Cl)(C(F)(F)F)[C@@H]1O)Oc1ccccc1. The molecule has 0 spiro atoms. The number of nitrogens with zero attached hydrogens (tertiary/aromatic N) is 4. The number of carbonyl (C=O) groups is 1. The predicted octanol–water partition coefficient (Wildman–Crippen LogP) is 3.91. The van der Waals surface area contributed by atoms with E-state index in [1.165, 1.54) is 19.1 Å². The van der Waals surface area contributed by atoms with Crippen molar-refractivity contribution in [2.24, 2.45) is 0 Å². The van der Waals surface area contributed by atoms with E-state index in [4.69, 9.17) is 35.9 Å². The van der Waals surface area contributed by atoms with Crippen LogP contribution in [0.5, 0.6) is 5.75 Å². The van der Waals surface area contributed by atoms with E-state index >= 15 is 0 Å². The Balaban J connectivity index is 1.43. The van der Waals surface area contributed by atoms with Crippen molar-refractivity contribution >= 4 is 48.2 Å². The zero-order valence-electron chi connectivity index (χ0n) is 24.3. The number of aliphatic hydroxyl groups is 1. The normalized spacial score (nSPS) is 25.7. The molecule has 3 heterocycles. The van der Waals surface area contributed by atoms with E-state index < -0.39 is 62.0 Å². The van der Waals surface area contributed by atoms with Gasteiger partial charge in [0.1, 0.15) is 24.0 Å². The van der Waals surface area contributed by atoms with Crippen molar-refractivity contribution in [1.82, 2.24) is 24.6 Å². The number of para-hydroxylation sites is 1. The highest BCUT2D eigenvalue weighted by Crippen LogP contribution is 2.55. The Morgan fingerprint density at radius 3 is 2.58 bits per heavy atom. The van der Waals surface area contributed by atoms with E-state index in [1.54, 1.807) is 32.0 Å². The lowest BCUT2D eigenvalue weighted by atomic mass is 9.98. The molecule has 0 bridgehead atoms. The minimum Gasteiger partial charge on any atom is -0.462 e. The summed E-state index contributed by atoms with van der Waals surface area (Å²) in [6.45, 7) is 3.65. The van der Waals surface area contributed by atoms with Crippen molar-refractivity contribution in [3.63, 3.8) is 0 Å². The summed E-state index contributed by atoms with van der Waals surface area (Å²) in [5.74, 6) is -0.751. The molecule has 1 saturated carbocycles. The third kappa shape index (κ3) is 6.98. The Bertz CT molecular complexity index is 1580. The van der Waals surface area contributed by atoms with Gasteiger partial charge in [0.2, 0.25) is 10.8 Å². The van der Waals surface area contributed by atoms with E-state index in [9.17, 15) is 27.6 Å².